The smallest absolute Gasteiger partial charge is 0.244 e. The summed E-state index contributed by atoms with van der Waals surface area (Å²) in [5, 5.41) is 0. The molecule has 1 aliphatic heterocycles. The van der Waals surface area contributed by atoms with Crippen LogP contribution in [-0.4, -0.2) is 34.3 Å². The maximum atomic E-state index is 12.6. The SMILES string of the molecule is COc1ccc(Br)cc1S(=O)(=O)NC1(C)CCOCC1. The van der Waals surface area contributed by atoms with E-state index in [1.807, 2.05) is 6.92 Å². The molecule has 112 valence electrons. The van der Waals surface area contributed by atoms with E-state index in [2.05, 4.69) is 20.7 Å². The third kappa shape index (κ3) is 3.52. The van der Waals surface area contributed by atoms with Crippen LogP contribution in [0.2, 0.25) is 0 Å². The summed E-state index contributed by atoms with van der Waals surface area (Å²) in [6, 6.07) is 4.92. The standard InChI is InChI=1S/C13H18BrNO4S/c1-13(5-7-19-8-6-13)15-20(16,17)12-9-10(14)3-4-11(12)18-2/h3-4,9,15H,5-8H2,1-2H3. The molecule has 0 atom stereocenters. The van der Waals surface area contributed by atoms with Gasteiger partial charge in [0.2, 0.25) is 10.0 Å². The van der Waals surface area contributed by atoms with Crippen LogP contribution < -0.4 is 9.46 Å². The van der Waals surface area contributed by atoms with E-state index in [-0.39, 0.29) is 4.90 Å². The van der Waals surface area contributed by atoms with Gasteiger partial charge >= 0.3 is 0 Å². The fraction of sp³-hybridized carbons (Fsp3) is 0.538. The van der Waals surface area contributed by atoms with Gasteiger partial charge in [-0.1, -0.05) is 15.9 Å². The molecule has 2 rings (SSSR count). The van der Waals surface area contributed by atoms with Crippen molar-refractivity contribution in [1.82, 2.24) is 4.72 Å². The van der Waals surface area contributed by atoms with Gasteiger partial charge in [-0.3, -0.25) is 0 Å². The molecule has 0 radical (unpaired) electrons. The highest BCUT2D eigenvalue weighted by atomic mass is 79.9. The second-order valence-corrected chi connectivity index (χ2v) is 7.64. The Kier molecular flexibility index (Phi) is 4.73. The lowest BCUT2D eigenvalue weighted by Gasteiger charge is -2.34. The van der Waals surface area contributed by atoms with Gasteiger partial charge < -0.3 is 9.47 Å². The summed E-state index contributed by atoms with van der Waals surface area (Å²) >= 11 is 3.29. The zero-order chi connectivity index (χ0) is 14.8. The van der Waals surface area contributed by atoms with Gasteiger partial charge in [-0.2, -0.15) is 0 Å². The number of nitrogens with one attached hydrogen (secondary N) is 1. The first kappa shape index (κ1) is 15.8. The van der Waals surface area contributed by atoms with Gasteiger partial charge in [-0.25, -0.2) is 13.1 Å². The Morgan fingerprint density at radius 2 is 2.00 bits per heavy atom. The Labute approximate surface area is 127 Å². The zero-order valence-electron chi connectivity index (χ0n) is 11.5. The van der Waals surface area contributed by atoms with E-state index in [0.717, 1.165) is 0 Å². The molecule has 0 aromatic heterocycles. The average molecular weight is 364 g/mol. The van der Waals surface area contributed by atoms with Gasteiger partial charge in [0, 0.05) is 23.2 Å². The first-order valence-electron chi connectivity index (χ1n) is 6.32. The number of hydrogen-bond acceptors (Lipinski definition) is 4. The van der Waals surface area contributed by atoms with Crippen molar-refractivity contribution in [3.8, 4) is 5.75 Å². The number of halogens is 1. The number of hydrogen-bond donors (Lipinski definition) is 1. The molecular formula is C13H18BrNO4S. The van der Waals surface area contributed by atoms with Crippen molar-refractivity contribution >= 4 is 26.0 Å². The molecule has 0 spiro atoms. The quantitative estimate of drug-likeness (QED) is 0.891. The van der Waals surface area contributed by atoms with Crippen LogP contribution in [-0.2, 0) is 14.8 Å². The van der Waals surface area contributed by atoms with Gasteiger partial charge in [0.05, 0.1) is 7.11 Å². The highest BCUT2D eigenvalue weighted by molar-refractivity contribution is 9.10. The largest absolute Gasteiger partial charge is 0.495 e. The summed E-state index contributed by atoms with van der Waals surface area (Å²) in [5.41, 5.74) is -0.482. The van der Waals surface area contributed by atoms with Crippen molar-refractivity contribution in [3.05, 3.63) is 22.7 Å². The lowest BCUT2D eigenvalue weighted by Crippen LogP contribution is -2.49. The van der Waals surface area contributed by atoms with Crippen molar-refractivity contribution in [2.45, 2.75) is 30.2 Å². The minimum absolute atomic E-state index is 0.141. The Morgan fingerprint density at radius 3 is 2.60 bits per heavy atom. The van der Waals surface area contributed by atoms with Crippen molar-refractivity contribution < 1.29 is 17.9 Å². The number of benzene rings is 1. The van der Waals surface area contributed by atoms with Crippen molar-refractivity contribution in [3.63, 3.8) is 0 Å². The first-order valence-corrected chi connectivity index (χ1v) is 8.59. The molecule has 0 amide bonds. The van der Waals surface area contributed by atoms with Crippen LogP contribution in [0.1, 0.15) is 19.8 Å². The fourth-order valence-electron chi connectivity index (χ4n) is 2.16. The molecule has 0 aliphatic carbocycles. The van der Waals surface area contributed by atoms with E-state index in [1.54, 1.807) is 18.2 Å². The van der Waals surface area contributed by atoms with Gasteiger partial charge in [-0.05, 0) is 38.0 Å². The van der Waals surface area contributed by atoms with E-state index in [9.17, 15) is 8.42 Å². The van der Waals surface area contributed by atoms with Gasteiger partial charge in [0.1, 0.15) is 10.6 Å². The van der Waals surface area contributed by atoms with E-state index >= 15 is 0 Å². The molecule has 0 bridgehead atoms. The summed E-state index contributed by atoms with van der Waals surface area (Å²) in [6.45, 7) is 3.03. The Bertz CT molecular complexity index is 582. The van der Waals surface area contributed by atoms with Crippen LogP contribution in [0.4, 0.5) is 0 Å². The molecule has 7 heteroatoms. The van der Waals surface area contributed by atoms with E-state index < -0.39 is 15.6 Å². The van der Waals surface area contributed by atoms with Gasteiger partial charge in [0.25, 0.3) is 0 Å². The molecule has 1 saturated heterocycles. The third-order valence-corrected chi connectivity index (χ3v) is 5.55. The van der Waals surface area contributed by atoms with Crippen molar-refractivity contribution in [2.24, 2.45) is 0 Å². The maximum absolute atomic E-state index is 12.6. The first-order chi connectivity index (χ1) is 9.36. The molecule has 1 aromatic rings. The molecule has 1 aromatic carbocycles. The molecule has 1 aliphatic rings. The van der Waals surface area contributed by atoms with Gasteiger partial charge in [-0.15, -0.1) is 0 Å². The van der Waals surface area contributed by atoms with E-state index in [0.29, 0.717) is 36.3 Å². The second-order valence-electron chi connectivity index (χ2n) is 5.07. The van der Waals surface area contributed by atoms with E-state index in [1.165, 1.54) is 7.11 Å². The Hall–Kier alpha value is -0.630. The lowest BCUT2D eigenvalue weighted by molar-refractivity contribution is 0.0537. The summed E-state index contributed by atoms with van der Waals surface area (Å²) in [4.78, 5) is 0.141. The maximum Gasteiger partial charge on any atom is 0.244 e. The van der Waals surface area contributed by atoms with Crippen LogP contribution >= 0.6 is 15.9 Å². The summed E-state index contributed by atoms with van der Waals surface area (Å²) in [7, 11) is -2.19. The number of ether oxygens (including phenoxy) is 2. The van der Waals surface area contributed by atoms with Gasteiger partial charge in [0.15, 0.2) is 0 Å². The van der Waals surface area contributed by atoms with E-state index in [4.69, 9.17) is 9.47 Å². The predicted molar refractivity (Wildman–Crippen MR) is 79.5 cm³/mol. The monoisotopic (exact) mass is 363 g/mol. The molecular weight excluding hydrogens is 346 g/mol. The highest BCUT2D eigenvalue weighted by Crippen LogP contribution is 2.30. The normalized spacial score (nSPS) is 18.8. The van der Waals surface area contributed by atoms with Crippen LogP contribution in [0, 0.1) is 0 Å². The molecule has 1 heterocycles. The highest BCUT2D eigenvalue weighted by Gasteiger charge is 2.33. The van der Waals surface area contributed by atoms with Crippen LogP contribution in [0.5, 0.6) is 5.75 Å². The lowest BCUT2D eigenvalue weighted by atomic mass is 9.94. The molecule has 1 N–H and O–H groups in total. The van der Waals surface area contributed by atoms with Crippen LogP contribution in [0.3, 0.4) is 0 Å². The zero-order valence-corrected chi connectivity index (χ0v) is 13.9. The molecule has 0 unspecified atom stereocenters. The third-order valence-electron chi connectivity index (χ3n) is 3.39. The number of methoxy groups -OCH3 is 1. The average Bonchev–Trinajstić information content (AvgIpc) is 2.38. The van der Waals surface area contributed by atoms with Crippen LogP contribution in [0.15, 0.2) is 27.6 Å². The van der Waals surface area contributed by atoms with Crippen molar-refractivity contribution in [2.75, 3.05) is 20.3 Å². The number of rotatable bonds is 4. The van der Waals surface area contributed by atoms with Crippen LogP contribution in [0.25, 0.3) is 0 Å². The summed E-state index contributed by atoms with van der Waals surface area (Å²) in [5.74, 6) is 0.330. The number of sulfonamides is 1. The summed E-state index contributed by atoms with van der Waals surface area (Å²) in [6.07, 6.45) is 1.31. The topological polar surface area (TPSA) is 64.6 Å². The summed E-state index contributed by atoms with van der Waals surface area (Å²) < 4.78 is 39.1. The Morgan fingerprint density at radius 1 is 1.35 bits per heavy atom. The molecule has 1 fully saturated rings. The molecule has 5 nitrogen and oxygen atoms in total. The molecule has 20 heavy (non-hydrogen) atoms. The minimum Gasteiger partial charge on any atom is -0.495 e. The predicted octanol–water partition coefficient (Wildman–Crippen LogP) is 2.31. The minimum atomic E-state index is -3.64. The second kappa shape index (κ2) is 6.01. The molecule has 0 saturated carbocycles. The Balaban J connectivity index is 2.32. The fourth-order valence-corrected chi connectivity index (χ4v) is 4.34. The van der Waals surface area contributed by atoms with Crippen molar-refractivity contribution in [1.29, 1.82) is 0 Å².